The monoisotopic (exact) mass is 225 g/mol. The maximum Gasteiger partial charge on any atom is 0.303 e. The molecule has 0 aromatic carbocycles. The van der Waals surface area contributed by atoms with E-state index in [2.05, 4.69) is 10.4 Å². The first-order valence-electron chi connectivity index (χ1n) is 5.05. The zero-order valence-electron chi connectivity index (χ0n) is 9.14. The van der Waals surface area contributed by atoms with E-state index in [4.69, 9.17) is 5.11 Å². The summed E-state index contributed by atoms with van der Waals surface area (Å²) in [6.45, 7) is 0.419. The first-order valence-corrected chi connectivity index (χ1v) is 5.05. The summed E-state index contributed by atoms with van der Waals surface area (Å²) in [5, 5.41) is 15.1. The zero-order valence-corrected chi connectivity index (χ0v) is 9.14. The molecule has 0 aliphatic carbocycles. The molecule has 0 spiro atoms. The Kier molecular flexibility index (Phi) is 4.50. The maximum absolute atomic E-state index is 11.3. The van der Waals surface area contributed by atoms with Crippen LogP contribution < -0.4 is 5.32 Å². The van der Waals surface area contributed by atoms with E-state index in [1.165, 1.54) is 0 Å². The minimum Gasteiger partial charge on any atom is -0.481 e. The highest BCUT2D eigenvalue weighted by Crippen LogP contribution is 1.98. The van der Waals surface area contributed by atoms with Gasteiger partial charge in [0.1, 0.15) is 0 Å². The molecule has 0 aliphatic heterocycles. The zero-order chi connectivity index (χ0) is 12.0. The van der Waals surface area contributed by atoms with Crippen molar-refractivity contribution in [3.8, 4) is 0 Å². The van der Waals surface area contributed by atoms with Crippen molar-refractivity contribution in [1.82, 2.24) is 15.1 Å². The molecule has 1 amide bonds. The molecular weight excluding hydrogens is 210 g/mol. The topological polar surface area (TPSA) is 84.2 Å². The van der Waals surface area contributed by atoms with Gasteiger partial charge in [-0.2, -0.15) is 5.10 Å². The van der Waals surface area contributed by atoms with Crippen LogP contribution in [0.3, 0.4) is 0 Å². The lowest BCUT2D eigenvalue weighted by Gasteiger charge is -2.04. The predicted molar refractivity (Wildman–Crippen MR) is 56.5 cm³/mol. The minimum absolute atomic E-state index is 0.0269. The van der Waals surface area contributed by atoms with E-state index in [1.54, 1.807) is 17.9 Å². The summed E-state index contributed by atoms with van der Waals surface area (Å²) < 4.78 is 1.68. The van der Waals surface area contributed by atoms with Gasteiger partial charge in [0.15, 0.2) is 0 Å². The number of carboxylic acids is 1. The Morgan fingerprint density at radius 3 is 2.81 bits per heavy atom. The highest BCUT2D eigenvalue weighted by molar-refractivity contribution is 5.76. The minimum atomic E-state index is -0.876. The van der Waals surface area contributed by atoms with Crippen molar-refractivity contribution in [1.29, 1.82) is 0 Å². The van der Waals surface area contributed by atoms with Gasteiger partial charge in [-0.3, -0.25) is 14.3 Å². The van der Waals surface area contributed by atoms with E-state index >= 15 is 0 Å². The average Bonchev–Trinajstić information content (AvgIpc) is 2.60. The molecule has 0 saturated heterocycles. The molecule has 88 valence electrons. The van der Waals surface area contributed by atoms with Gasteiger partial charge in [0, 0.05) is 26.1 Å². The molecule has 6 heteroatoms. The summed E-state index contributed by atoms with van der Waals surface area (Å²) in [6.07, 6.45) is 2.29. The molecule has 0 aliphatic rings. The number of amides is 1. The first kappa shape index (κ1) is 12.2. The number of carboxylic acid groups (broad SMARTS) is 1. The van der Waals surface area contributed by atoms with Crippen LogP contribution in [0.15, 0.2) is 12.3 Å². The third-order valence-corrected chi connectivity index (χ3v) is 2.18. The van der Waals surface area contributed by atoms with Crippen LogP contribution >= 0.6 is 0 Å². The van der Waals surface area contributed by atoms with E-state index in [1.807, 2.05) is 6.07 Å². The Hall–Kier alpha value is -1.85. The average molecular weight is 225 g/mol. The van der Waals surface area contributed by atoms with Crippen molar-refractivity contribution in [3.05, 3.63) is 18.0 Å². The van der Waals surface area contributed by atoms with Crippen LogP contribution in [-0.2, 0) is 23.2 Å². The lowest BCUT2D eigenvalue weighted by molar-refractivity contribution is -0.137. The second kappa shape index (κ2) is 5.89. The second-order valence-electron chi connectivity index (χ2n) is 3.47. The number of hydrogen-bond donors (Lipinski definition) is 2. The van der Waals surface area contributed by atoms with Crippen molar-refractivity contribution in [2.24, 2.45) is 7.05 Å². The number of aromatic nitrogens is 2. The highest BCUT2D eigenvalue weighted by Gasteiger charge is 2.04. The van der Waals surface area contributed by atoms with Gasteiger partial charge in [-0.15, -0.1) is 0 Å². The van der Waals surface area contributed by atoms with Crippen molar-refractivity contribution in [3.63, 3.8) is 0 Å². The number of nitrogens with zero attached hydrogens (tertiary/aromatic N) is 2. The van der Waals surface area contributed by atoms with Crippen molar-refractivity contribution < 1.29 is 14.7 Å². The Labute approximate surface area is 93.3 Å². The fourth-order valence-electron chi connectivity index (χ4n) is 1.25. The summed E-state index contributed by atoms with van der Waals surface area (Å²) in [4.78, 5) is 21.5. The third-order valence-electron chi connectivity index (χ3n) is 2.18. The Morgan fingerprint density at radius 1 is 1.50 bits per heavy atom. The van der Waals surface area contributed by atoms with Gasteiger partial charge in [-0.25, -0.2) is 0 Å². The predicted octanol–water partition coefficient (Wildman–Crippen LogP) is 0.291. The quantitative estimate of drug-likeness (QED) is 0.728. The second-order valence-corrected chi connectivity index (χ2v) is 3.47. The van der Waals surface area contributed by atoms with Gasteiger partial charge < -0.3 is 10.4 Å². The Balaban J connectivity index is 2.20. The molecule has 1 heterocycles. The van der Waals surface area contributed by atoms with Crippen LogP contribution in [0.25, 0.3) is 0 Å². The van der Waals surface area contributed by atoms with E-state index in [0.29, 0.717) is 13.0 Å². The fraction of sp³-hybridized carbons (Fsp3) is 0.500. The third kappa shape index (κ3) is 4.12. The molecule has 6 nitrogen and oxygen atoms in total. The molecule has 16 heavy (non-hydrogen) atoms. The molecule has 0 radical (unpaired) electrons. The molecule has 2 N–H and O–H groups in total. The van der Waals surface area contributed by atoms with Gasteiger partial charge >= 0.3 is 5.97 Å². The molecule has 0 saturated carbocycles. The Morgan fingerprint density at radius 2 is 2.25 bits per heavy atom. The largest absolute Gasteiger partial charge is 0.481 e. The number of nitrogens with one attached hydrogen (secondary N) is 1. The van der Waals surface area contributed by atoms with E-state index in [9.17, 15) is 9.59 Å². The molecule has 1 rings (SSSR count). The van der Waals surface area contributed by atoms with Crippen LogP contribution in [0.1, 0.15) is 25.0 Å². The number of carbonyl (C=O) groups excluding carboxylic acids is 1. The highest BCUT2D eigenvalue weighted by atomic mass is 16.4. The van der Waals surface area contributed by atoms with Gasteiger partial charge in [-0.1, -0.05) is 0 Å². The number of aliphatic carboxylic acids is 1. The van der Waals surface area contributed by atoms with Crippen molar-refractivity contribution in [2.75, 3.05) is 0 Å². The summed E-state index contributed by atoms with van der Waals surface area (Å²) >= 11 is 0. The standard InChI is InChI=1S/C10H15N3O3/c1-13-8(5-6-12-13)7-11-9(14)3-2-4-10(15)16/h5-6H,2-4,7H2,1H3,(H,11,14)(H,15,16). The van der Waals surface area contributed by atoms with Gasteiger partial charge in [-0.05, 0) is 12.5 Å². The maximum atomic E-state index is 11.3. The molecular formula is C10H15N3O3. The lowest BCUT2D eigenvalue weighted by Crippen LogP contribution is -2.23. The van der Waals surface area contributed by atoms with Crippen LogP contribution in [0, 0.1) is 0 Å². The van der Waals surface area contributed by atoms with Gasteiger partial charge in [0.05, 0.1) is 12.2 Å². The summed E-state index contributed by atoms with van der Waals surface area (Å²) in [5.74, 6) is -1.01. The van der Waals surface area contributed by atoms with Crippen LogP contribution in [-0.4, -0.2) is 26.8 Å². The van der Waals surface area contributed by atoms with Gasteiger partial charge in [0.2, 0.25) is 5.91 Å². The first-order chi connectivity index (χ1) is 7.59. The normalized spacial score (nSPS) is 10.1. The number of hydrogen-bond acceptors (Lipinski definition) is 3. The van der Waals surface area contributed by atoms with Crippen molar-refractivity contribution in [2.45, 2.75) is 25.8 Å². The molecule has 0 unspecified atom stereocenters. The summed E-state index contributed by atoms with van der Waals surface area (Å²) in [6, 6.07) is 1.82. The molecule has 0 atom stereocenters. The summed E-state index contributed by atoms with van der Waals surface area (Å²) in [5.41, 5.74) is 0.909. The van der Waals surface area contributed by atoms with E-state index in [-0.39, 0.29) is 18.7 Å². The smallest absolute Gasteiger partial charge is 0.303 e. The van der Waals surface area contributed by atoms with E-state index < -0.39 is 5.97 Å². The fourth-order valence-corrected chi connectivity index (χ4v) is 1.25. The number of aryl methyl sites for hydroxylation is 1. The number of carbonyl (C=O) groups is 2. The molecule has 0 fully saturated rings. The Bertz CT molecular complexity index is 373. The number of rotatable bonds is 6. The lowest BCUT2D eigenvalue weighted by atomic mass is 10.2. The van der Waals surface area contributed by atoms with Crippen LogP contribution in [0.5, 0.6) is 0 Å². The van der Waals surface area contributed by atoms with Crippen LogP contribution in [0.2, 0.25) is 0 Å². The van der Waals surface area contributed by atoms with E-state index in [0.717, 1.165) is 5.69 Å². The molecule has 0 bridgehead atoms. The van der Waals surface area contributed by atoms with Gasteiger partial charge in [0.25, 0.3) is 0 Å². The van der Waals surface area contributed by atoms with Crippen LogP contribution in [0.4, 0.5) is 0 Å². The summed E-state index contributed by atoms with van der Waals surface area (Å²) in [7, 11) is 1.80. The molecule has 1 aromatic heterocycles. The SMILES string of the molecule is Cn1nccc1CNC(=O)CCCC(=O)O. The molecule has 1 aromatic rings. The van der Waals surface area contributed by atoms with Crippen molar-refractivity contribution >= 4 is 11.9 Å².